The van der Waals surface area contributed by atoms with Crippen LogP contribution in [0.2, 0.25) is 5.02 Å². The number of rotatable bonds is 5. The first-order valence-electron chi connectivity index (χ1n) is 6.77. The molecule has 0 spiro atoms. The molecule has 0 aliphatic rings. The lowest BCUT2D eigenvalue weighted by atomic mass is 10.1. The Morgan fingerprint density at radius 3 is 2.57 bits per heavy atom. The summed E-state index contributed by atoms with van der Waals surface area (Å²) < 4.78 is 0. The SMILES string of the molecule is CN(C)[C@H](CN=Cc1cc(Cl)ccc1O)c1ccccc1. The smallest absolute Gasteiger partial charge is 0.124 e. The van der Waals surface area contributed by atoms with E-state index in [9.17, 15) is 5.11 Å². The maximum Gasteiger partial charge on any atom is 0.124 e. The van der Waals surface area contributed by atoms with Crippen molar-refractivity contribution in [3.63, 3.8) is 0 Å². The Kier molecular flexibility index (Phi) is 5.37. The van der Waals surface area contributed by atoms with Gasteiger partial charge in [0, 0.05) is 16.8 Å². The third-order valence-corrected chi connectivity index (χ3v) is 3.54. The normalized spacial score (nSPS) is 13.0. The minimum Gasteiger partial charge on any atom is -0.507 e. The van der Waals surface area contributed by atoms with E-state index in [4.69, 9.17) is 11.6 Å². The minimum atomic E-state index is 0.185. The van der Waals surface area contributed by atoms with Crippen LogP contribution in [0.5, 0.6) is 5.75 Å². The molecular weight excluding hydrogens is 284 g/mol. The second-order valence-corrected chi connectivity index (χ2v) is 5.52. The van der Waals surface area contributed by atoms with E-state index in [2.05, 4.69) is 22.0 Å². The first-order chi connectivity index (χ1) is 10.1. The van der Waals surface area contributed by atoms with Crippen molar-refractivity contribution < 1.29 is 5.11 Å². The average molecular weight is 303 g/mol. The summed E-state index contributed by atoms with van der Waals surface area (Å²) in [6.07, 6.45) is 1.67. The summed E-state index contributed by atoms with van der Waals surface area (Å²) in [6, 6.07) is 15.4. The molecule has 4 heteroatoms. The highest BCUT2D eigenvalue weighted by atomic mass is 35.5. The van der Waals surface area contributed by atoms with Gasteiger partial charge in [-0.05, 0) is 37.9 Å². The fourth-order valence-electron chi connectivity index (χ4n) is 2.12. The first kappa shape index (κ1) is 15.5. The van der Waals surface area contributed by atoms with E-state index in [0.29, 0.717) is 17.1 Å². The molecule has 0 radical (unpaired) electrons. The lowest BCUT2D eigenvalue weighted by Crippen LogP contribution is -2.22. The summed E-state index contributed by atoms with van der Waals surface area (Å²) in [5.41, 5.74) is 1.85. The van der Waals surface area contributed by atoms with E-state index >= 15 is 0 Å². The first-order valence-corrected chi connectivity index (χ1v) is 7.15. The average Bonchev–Trinajstić information content (AvgIpc) is 2.47. The van der Waals surface area contributed by atoms with Crippen LogP contribution in [0.25, 0.3) is 0 Å². The van der Waals surface area contributed by atoms with E-state index in [0.717, 1.165) is 0 Å². The van der Waals surface area contributed by atoms with Crippen molar-refractivity contribution in [2.45, 2.75) is 6.04 Å². The summed E-state index contributed by atoms with van der Waals surface area (Å²) in [7, 11) is 4.06. The van der Waals surface area contributed by atoms with Gasteiger partial charge >= 0.3 is 0 Å². The topological polar surface area (TPSA) is 35.8 Å². The molecule has 3 nitrogen and oxygen atoms in total. The molecule has 110 valence electrons. The third kappa shape index (κ3) is 4.31. The molecule has 0 bridgehead atoms. The maximum absolute atomic E-state index is 9.77. The van der Waals surface area contributed by atoms with Crippen molar-refractivity contribution >= 4 is 17.8 Å². The molecule has 0 heterocycles. The van der Waals surface area contributed by atoms with E-state index in [1.165, 1.54) is 5.56 Å². The van der Waals surface area contributed by atoms with Crippen LogP contribution in [0, 0.1) is 0 Å². The van der Waals surface area contributed by atoms with Crippen LogP contribution in [-0.4, -0.2) is 36.9 Å². The van der Waals surface area contributed by atoms with Gasteiger partial charge in [-0.2, -0.15) is 0 Å². The fourth-order valence-corrected chi connectivity index (χ4v) is 2.30. The fraction of sp³-hybridized carbons (Fsp3) is 0.235. The number of phenols is 1. The second-order valence-electron chi connectivity index (χ2n) is 5.09. The van der Waals surface area contributed by atoms with E-state index in [-0.39, 0.29) is 11.8 Å². The van der Waals surface area contributed by atoms with Gasteiger partial charge in [0.25, 0.3) is 0 Å². The zero-order valence-corrected chi connectivity index (χ0v) is 13.0. The number of aliphatic imine (C=N–C) groups is 1. The van der Waals surface area contributed by atoms with Gasteiger partial charge in [0.15, 0.2) is 0 Å². The van der Waals surface area contributed by atoms with Crippen molar-refractivity contribution in [1.82, 2.24) is 4.90 Å². The zero-order chi connectivity index (χ0) is 15.2. The zero-order valence-electron chi connectivity index (χ0n) is 12.2. The number of likely N-dealkylation sites (N-methyl/N-ethyl adjacent to an activating group) is 1. The monoisotopic (exact) mass is 302 g/mol. The number of hydrogen-bond donors (Lipinski definition) is 1. The maximum atomic E-state index is 9.77. The predicted molar refractivity (Wildman–Crippen MR) is 88.4 cm³/mol. The van der Waals surface area contributed by atoms with Crippen molar-refractivity contribution in [2.75, 3.05) is 20.6 Å². The molecule has 0 saturated heterocycles. The van der Waals surface area contributed by atoms with Crippen LogP contribution in [0.1, 0.15) is 17.2 Å². The number of hydrogen-bond acceptors (Lipinski definition) is 3. The van der Waals surface area contributed by atoms with E-state index in [1.54, 1.807) is 24.4 Å². The highest BCUT2D eigenvalue weighted by Crippen LogP contribution is 2.21. The van der Waals surface area contributed by atoms with Crippen LogP contribution in [0.3, 0.4) is 0 Å². The minimum absolute atomic E-state index is 0.185. The molecule has 2 aromatic rings. The molecule has 0 aromatic heterocycles. The lowest BCUT2D eigenvalue weighted by molar-refractivity contribution is 0.307. The van der Waals surface area contributed by atoms with Crippen molar-refractivity contribution in [3.8, 4) is 5.75 Å². The van der Waals surface area contributed by atoms with Crippen LogP contribution < -0.4 is 0 Å². The Balaban J connectivity index is 2.12. The van der Waals surface area contributed by atoms with Gasteiger partial charge in [0.1, 0.15) is 5.75 Å². The molecule has 21 heavy (non-hydrogen) atoms. The Morgan fingerprint density at radius 2 is 1.90 bits per heavy atom. The van der Waals surface area contributed by atoms with Gasteiger partial charge in [-0.3, -0.25) is 4.99 Å². The van der Waals surface area contributed by atoms with Crippen LogP contribution in [0.4, 0.5) is 0 Å². The molecule has 0 aliphatic carbocycles. The molecule has 0 saturated carbocycles. The van der Waals surface area contributed by atoms with Crippen LogP contribution in [-0.2, 0) is 0 Å². The molecule has 0 unspecified atom stereocenters. The number of aromatic hydroxyl groups is 1. The molecule has 0 aliphatic heterocycles. The largest absolute Gasteiger partial charge is 0.507 e. The Hall–Kier alpha value is -1.84. The van der Waals surface area contributed by atoms with Crippen LogP contribution in [0.15, 0.2) is 53.5 Å². The van der Waals surface area contributed by atoms with Gasteiger partial charge in [0.05, 0.1) is 12.6 Å². The Morgan fingerprint density at radius 1 is 1.19 bits per heavy atom. The highest BCUT2D eigenvalue weighted by Gasteiger charge is 2.12. The summed E-state index contributed by atoms with van der Waals surface area (Å²) in [6.45, 7) is 0.614. The van der Waals surface area contributed by atoms with Crippen molar-refractivity contribution in [1.29, 1.82) is 0 Å². The summed E-state index contributed by atoms with van der Waals surface area (Å²) in [5.74, 6) is 0.185. The molecule has 1 N–H and O–H groups in total. The Labute approximate surface area is 130 Å². The van der Waals surface area contributed by atoms with Gasteiger partial charge in [-0.15, -0.1) is 0 Å². The van der Waals surface area contributed by atoms with Gasteiger partial charge in [-0.25, -0.2) is 0 Å². The van der Waals surface area contributed by atoms with E-state index in [1.807, 2.05) is 32.3 Å². The second kappa shape index (κ2) is 7.25. The molecule has 0 amide bonds. The molecular formula is C17H19ClN2O. The number of benzene rings is 2. The van der Waals surface area contributed by atoms with Crippen molar-refractivity contribution in [3.05, 3.63) is 64.7 Å². The predicted octanol–water partition coefficient (Wildman–Crippen LogP) is 3.77. The van der Waals surface area contributed by atoms with Gasteiger partial charge in [-0.1, -0.05) is 41.9 Å². The summed E-state index contributed by atoms with van der Waals surface area (Å²) >= 11 is 5.92. The number of phenolic OH excluding ortho intramolecular Hbond substituents is 1. The van der Waals surface area contributed by atoms with E-state index < -0.39 is 0 Å². The number of halogens is 1. The summed E-state index contributed by atoms with van der Waals surface area (Å²) in [5, 5.41) is 10.4. The molecule has 1 atom stereocenters. The highest BCUT2D eigenvalue weighted by molar-refractivity contribution is 6.30. The standard InChI is InChI=1S/C17H19ClN2O/c1-20(2)16(13-6-4-3-5-7-13)12-19-11-14-10-15(18)8-9-17(14)21/h3-11,16,21H,12H2,1-2H3/t16-/m1/s1. The molecule has 2 aromatic carbocycles. The number of nitrogens with zero attached hydrogens (tertiary/aromatic N) is 2. The quantitative estimate of drug-likeness (QED) is 0.854. The third-order valence-electron chi connectivity index (χ3n) is 3.31. The van der Waals surface area contributed by atoms with Gasteiger partial charge in [0.2, 0.25) is 0 Å². The molecule has 0 fully saturated rings. The lowest BCUT2D eigenvalue weighted by Gasteiger charge is -2.22. The van der Waals surface area contributed by atoms with Crippen LogP contribution >= 0.6 is 11.6 Å². The molecule has 2 rings (SSSR count). The van der Waals surface area contributed by atoms with Gasteiger partial charge < -0.3 is 10.0 Å². The Bertz CT molecular complexity index is 611. The summed E-state index contributed by atoms with van der Waals surface area (Å²) in [4.78, 5) is 6.59. The van der Waals surface area contributed by atoms with Crippen molar-refractivity contribution in [2.24, 2.45) is 4.99 Å².